The van der Waals surface area contributed by atoms with Gasteiger partial charge in [0.2, 0.25) is 0 Å². The fourth-order valence-corrected chi connectivity index (χ4v) is 1.36. The zero-order valence-corrected chi connectivity index (χ0v) is 8.48. The van der Waals surface area contributed by atoms with Crippen LogP contribution in [0.3, 0.4) is 0 Å². The van der Waals surface area contributed by atoms with Gasteiger partial charge in [-0.1, -0.05) is 5.16 Å². The molecule has 2 aromatic rings. The lowest BCUT2D eigenvalue weighted by Crippen LogP contribution is -2.15. The highest BCUT2D eigenvalue weighted by molar-refractivity contribution is 5.95. The summed E-state index contributed by atoms with van der Waals surface area (Å²) in [6.45, 7) is 0.675. The number of rotatable bonds is 3. The lowest BCUT2D eigenvalue weighted by molar-refractivity contribution is 0.318. The zero-order valence-electron chi connectivity index (χ0n) is 8.48. The van der Waals surface area contributed by atoms with Crippen molar-refractivity contribution in [3.05, 3.63) is 48.3 Å². The van der Waals surface area contributed by atoms with Crippen LogP contribution in [0.5, 0.6) is 0 Å². The van der Waals surface area contributed by atoms with Crippen LogP contribution in [0, 0.1) is 0 Å². The molecule has 6 heteroatoms. The van der Waals surface area contributed by atoms with Crippen molar-refractivity contribution in [3.63, 3.8) is 0 Å². The zero-order chi connectivity index (χ0) is 11.4. The smallest absolute Gasteiger partial charge is 0.188 e. The molecular weight excluding hydrogens is 206 g/mol. The van der Waals surface area contributed by atoms with Crippen molar-refractivity contribution in [1.82, 2.24) is 14.5 Å². The molecule has 0 saturated carbocycles. The van der Waals surface area contributed by atoms with Crippen molar-refractivity contribution in [1.29, 1.82) is 0 Å². The summed E-state index contributed by atoms with van der Waals surface area (Å²) in [6.07, 6.45) is 6.93. The van der Waals surface area contributed by atoms with Crippen LogP contribution >= 0.6 is 0 Å². The van der Waals surface area contributed by atoms with Gasteiger partial charge in [0.1, 0.15) is 5.69 Å². The molecule has 16 heavy (non-hydrogen) atoms. The van der Waals surface area contributed by atoms with Crippen LogP contribution in [0.15, 0.2) is 42.2 Å². The molecule has 2 heterocycles. The third-order valence-electron chi connectivity index (χ3n) is 2.12. The molecule has 0 atom stereocenters. The molecule has 3 N–H and O–H groups in total. The first-order valence-electron chi connectivity index (χ1n) is 4.68. The van der Waals surface area contributed by atoms with E-state index in [-0.39, 0.29) is 5.84 Å². The summed E-state index contributed by atoms with van der Waals surface area (Å²) in [5.74, 6) is 0.00693. The topological polar surface area (TPSA) is 89.3 Å². The average Bonchev–Trinajstić information content (AvgIpc) is 2.81. The quantitative estimate of drug-likeness (QED) is 0.337. The van der Waals surface area contributed by atoms with Gasteiger partial charge in [-0.05, 0) is 17.7 Å². The Morgan fingerprint density at radius 1 is 1.50 bits per heavy atom. The molecule has 2 aromatic heterocycles. The van der Waals surface area contributed by atoms with E-state index in [0.29, 0.717) is 12.2 Å². The van der Waals surface area contributed by atoms with Crippen LogP contribution in [0.2, 0.25) is 0 Å². The monoisotopic (exact) mass is 217 g/mol. The van der Waals surface area contributed by atoms with E-state index in [2.05, 4.69) is 15.1 Å². The van der Waals surface area contributed by atoms with Crippen LogP contribution in [0.25, 0.3) is 0 Å². The Kier molecular flexibility index (Phi) is 2.81. The van der Waals surface area contributed by atoms with Gasteiger partial charge in [-0.3, -0.25) is 4.98 Å². The molecule has 0 spiro atoms. The van der Waals surface area contributed by atoms with E-state index in [1.54, 1.807) is 24.8 Å². The molecule has 0 aliphatic rings. The normalized spacial score (nSPS) is 11.6. The minimum Gasteiger partial charge on any atom is -0.409 e. The van der Waals surface area contributed by atoms with Gasteiger partial charge in [0.25, 0.3) is 0 Å². The predicted octanol–water partition coefficient (Wildman–Crippen LogP) is 0.421. The molecule has 0 fully saturated rings. The Morgan fingerprint density at radius 3 is 3.06 bits per heavy atom. The summed E-state index contributed by atoms with van der Waals surface area (Å²) in [6, 6.07) is 3.64. The van der Waals surface area contributed by atoms with Crippen LogP contribution in [-0.2, 0) is 6.54 Å². The molecule has 6 nitrogen and oxygen atoms in total. The van der Waals surface area contributed by atoms with Gasteiger partial charge in [-0.25, -0.2) is 4.98 Å². The van der Waals surface area contributed by atoms with Crippen LogP contribution < -0.4 is 5.73 Å². The maximum absolute atomic E-state index is 8.54. The van der Waals surface area contributed by atoms with Gasteiger partial charge < -0.3 is 15.5 Å². The lowest BCUT2D eigenvalue weighted by atomic mass is 10.2. The van der Waals surface area contributed by atoms with Crippen molar-refractivity contribution in [2.24, 2.45) is 10.9 Å². The fraction of sp³-hybridized carbons (Fsp3) is 0.100. The molecule has 0 bridgehead atoms. The summed E-state index contributed by atoms with van der Waals surface area (Å²) in [5, 5.41) is 11.5. The average molecular weight is 217 g/mol. The molecule has 0 saturated heterocycles. The SMILES string of the molecule is NC(=NO)c1cc(Cn2ccnc2)ccn1. The summed E-state index contributed by atoms with van der Waals surface area (Å²) in [7, 11) is 0. The molecule has 2 rings (SSSR count). The highest BCUT2D eigenvalue weighted by Gasteiger charge is 2.02. The van der Waals surface area contributed by atoms with Gasteiger partial charge in [0.15, 0.2) is 5.84 Å². The third kappa shape index (κ3) is 2.17. The number of nitrogens with zero attached hydrogens (tertiary/aromatic N) is 4. The van der Waals surface area contributed by atoms with E-state index in [9.17, 15) is 0 Å². The molecule has 0 aromatic carbocycles. The van der Waals surface area contributed by atoms with Gasteiger partial charge >= 0.3 is 0 Å². The van der Waals surface area contributed by atoms with Crippen molar-refractivity contribution < 1.29 is 5.21 Å². The molecule has 82 valence electrons. The van der Waals surface area contributed by atoms with E-state index in [0.717, 1.165) is 5.56 Å². The van der Waals surface area contributed by atoms with E-state index < -0.39 is 0 Å². The van der Waals surface area contributed by atoms with Gasteiger partial charge in [0, 0.05) is 25.1 Å². The van der Waals surface area contributed by atoms with Crippen LogP contribution in [-0.4, -0.2) is 25.6 Å². The van der Waals surface area contributed by atoms with E-state index in [1.165, 1.54) is 0 Å². The highest BCUT2D eigenvalue weighted by atomic mass is 16.4. The minimum atomic E-state index is 0.00693. The van der Waals surface area contributed by atoms with Crippen molar-refractivity contribution in [2.75, 3.05) is 0 Å². The summed E-state index contributed by atoms with van der Waals surface area (Å²) in [5.41, 5.74) is 6.92. The number of amidine groups is 1. The van der Waals surface area contributed by atoms with E-state index >= 15 is 0 Å². The molecular formula is C10H11N5O. The molecule has 0 amide bonds. The standard InChI is InChI=1S/C10H11N5O/c11-10(14-16)9-5-8(1-2-13-9)6-15-4-3-12-7-15/h1-5,7,16H,6H2,(H2,11,14). The van der Waals surface area contributed by atoms with Crippen molar-refractivity contribution in [3.8, 4) is 0 Å². The maximum atomic E-state index is 8.54. The van der Waals surface area contributed by atoms with Crippen molar-refractivity contribution >= 4 is 5.84 Å². The lowest BCUT2D eigenvalue weighted by Gasteiger charge is -2.04. The van der Waals surface area contributed by atoms with Crippen LogP contribution in [0.4, 0.5) is 0 Å². The molecule has 0 unspecified atom stereocenters. The number of hydrogen-bond donors (Lipinski definition) is 2. The first-order chi connectivity index (χ1) is 7.79. The molecule has 0 aliphatic heterocycles. The summed E-state index contributed by atoms with van der Waals surface area (Å²) < 4.78 is 1.92. The number of imidazole rings is 1. The minimum absolute atomic E-state index is 0.00693. The first-order valence-corrected chi connectivity index (χ1v) is 4.68. The second kappa shape index (κ2) is 4.43. The van der Waals surface area contributed by atoms with Crippen molar-refractivity contribution in [2.45, 2.75) is 6.54 Å². The molecule has 0 radical (unpaired) electrons. The predicted molar refractivity (Wildman–Crippen MR) is 58.1 cm³/mol. The van der Waals surface area contributed by atoms with E-state index in [4.69, 9.17) is 10.9 Å². The number of nitrogens with two attached hydrogens (primary N) is 1. The Labute approximate surface area is 92.1 Å². The number of oxime groups is 1. The Morgan fingerprint density at radius 2 is 2.38 bits per heavy atom. The van der Waals surface area contributed by atoms with E-state index in [1.807, 2.05) is 16.8 Å². The van der Waals surface area contributed by atoms with Crippen LogP contribution in [0.1, 0.15) is 11.3 Å². The highest BCUT2D eigenvalue weighted by Crippen LogP contribution is 2.04. The third-order valence-corrected chi connectivity index (χ3v) is 2.12. The Hall–Kier alpha value is -2.37. The number of aromatic nitrogens is 3. The summed E-state index contributed by atoms with van der Waals surface area (Å²) in [4.78, 5) is 7.95. The number of hydrogen-bond acceptors (Lipinski definition) is 4. The maximum Gasteiger partial charge on any atom is 0.188 e. The Bertz CT molecular complexity index is 492. The fourth-order valence-electron chi connectivity index (χ4n) is 1.36. The summed E-state index contributed by atoms with van der Waals surface area (Å²) >= 11 is 0. The second-order valence-corrected chi connectivity index (χ2v) is 3.27. The largest absolute Gasteiger partial charge is 0.409 e. The first kappa shape index (κ1) is 10.2. The molecule has 0 aliphatic carbocycles. The second-order valence-electron chi connectivity index (χ2n) is 3.27. The van der Waals surface area contributed by atoms with Gasteiger partial charge in [-0.15, -0.1) is 0 Å². The number of pyridine rings is 1. The van der Waals surface area contributed by atoms with Gasteiger partial charge in [-0.2, -0.15) is 0 Å². The Balaban J connectivity index is 2.23. The van der Waals surface area contributed by atoms with Gasteiger partial charge in [0.05, 0.1) is 6.33 Å².